The number of amides is 1. The van der Waals surface area contributed by atoms with Crippen molar-refractivity contribution in [3.63, 3.8) is 0 Å². The number of hydrogen-bond donors (Lipinski definition) is 1. The van der Waals surface area contributed by atoms with Gasteiger partial charge in [-0.1, -0.05) is 43.8 Å². The molecule has 3 rings (SSSR count). The second-order valence-corrected chi connectivity index (χ2v) is 8.55. The number of nitrogens with zero attached hydrogens (tertiary/aromatic N) is 4. The topological polar surface area (TPSA) is 83.1 Å². The van der Waals surface area contributed by atoms with Crippen LogP contribution in [0, 0.1) is 24.2 Å². The van der Waals surface area contributed by atoms with Crippen molar-refractivity contribution in [3.05, 3.63) is 35.9 Å². The summed E-state index contributed by atoms with van der Waals surface area (Å²) in [5, 5.41) is 22.2. The monoisotopic (exact) mass is 381 g/mol. The van der Waals surface area contributed by atoms with Gasteiger partial charge in [0.15, 0.2) is 10.8 Å². The van der Waals surface area contributed by atoms with E-state index in [4.69, 9.17) is 0 Å². The molecule has 2 heterocycles. The zero-order chi connectivity index (χ0) is 19.8. The van der Waals surface area contributed by atoms with Crippen LogP contribution in [0.5, 0.6) is 0 Å². The van der Waals surface area contributed by atoms with Crippen LogP contribution in [-0.2, 0) is 4.79 Å². The number of carbonyl (C=O) groups is 1. The molecule has 0 aliphatic heterocycles. The minimum atomic E-state index is -0.900. The minimum absolute atomic E-state index is 0.00416. The number of para-hydroxylation sites is 1. The summed E-state index contributed by atoms with van der Waals surface area (Å²) in [5.74, 6) is -0.185. The molecule has 3 aromatic rings. The molecule has 0 saturated heterocycles. The smallest absolute Gasteiger partial charge is 0.234 e. The first-order valence-corrected chi connectivity index (χ1v) is 9.78. The van der Waals surface area contributed by atoms with Gasteiger partial charge in [0.1, 0.15) is 5.54 Å². The zero-order valence-electron chi connectivity index (χ0n) is 16.1. The van der Waals surface area contributed by atoms with Crippen LogP contribution < -0.4 is 5.32 Å². The fraction of sp³-hybridized carbons (Fsp3) is 0.400. The Bertz CT molecular complexity index is 1050. The van der Waals surface area contributed by atoms with Gasteiger partial charge in [-0.05, 0) is 44.4 Å². The average Bonchev–Trinajstić information content (AvgIpc) is 3.04. The van der Waals surface area contributed by atoms with Crippen molar-refractivity contribution in [3.8, 4) is 6.07 Å². The Labute approximate surface area is 163 Å². The first kappa shape index (κ1) is 19.2. The summed E-state index contributed by atoms with van der Waals surface area (Å²) in [6.45, 7) is 9.45. The van der Waals surface area contributed by atoms with E-state index < -0.39 is 10.8 Å². The summed E-state index contributed by atoms with van der Waals surface area (Å²) in [6, 6.07) is 12.3. The standard InChI is InChI=1S/C20H23N5OS/c1-12(2)20(5,11-21)22-18(26)14(4)27-19-24-23-17-10-13(3)15-8-6-7-9-16(15)25(17)19/h6-10,12,14H,1-5H3,(H,22,26)/t14-,20+/m1/s1. The molecular weight excluding hydrogens is 358 g/mol. The number of nitrogens with one attached hydrogen (secondary N) is 1. The van der Waals surface area contributed by atoms with E-state index in [0.29, 0.717) is 5.16 Å². The highest BCUT2D eigenvalue weighted by molar-refractivity contribution is 8.00. The van der Waals surface area contributed by atoms with Crippen LogP contribution in [0.25, 0.3) is 16.6 Å². The van der Waals surface area contributed by atoms with E-state index in [1.807, 2.05) is 49.4 Å². The van der Waals surface area contributed by atoms with Gasteiger partial charge >= 0.3 is 0 Å². The SMILES string of the molecule is Cc1cc2nnc(S[C@H](C)C(=O)N[C@@](C)(C#N)C(C)C)n2c2ccccc12. The summed E-state index contributed by atoms with van der Waals surface area (Å²) in [7, 11) is 0. The van der Waals surface area contributed by atoms with E-state index in [1.165, 1.54) is 11.8 Å². The van der Waals surface area contributed by atoms with E-state index in [1.54, 1.807) is 6.92 Å². The summed E-state index contributed by atoms with van der Waals surface area (Å²) in [4.78, 5) is 12.7. The van der Waals surface area contributed by atoms with Crippen molar-refractivity contribution in [1.82, 2.24) is 19.9 Å². The molecule has 0 spiro atoms. The largest absolute Gasteiger partial charge is 0.337 e. The molecule has 0 aliphatic carbocycles. The Morgan fingerprint density at radius 1 is 1.30 bits per heavy atom. The van der Waals surface area contributed by atoms with Gasteiger partial charge in [-0.15, -0.1) is 10.2 Å². The Balaban J connectivity index is 1.92. The third-order valence-corrected chi connectivity index (χ3v) is 6.04. The van der Waals surface area contributed by atoms with E-state index in [-0.39, 0.29) is 11.8 Å². The lowest BCUT2D eigenvalue weighted by Crippen LogP contribution is -2.51. The molecule has 0 radical (unpaired) electrons. The molecule has 1 N–H and O–H groups in total. The second kappa shape index (κ2) is 7.20. The lowest BCUT2D eigenvalue weighted by Gasteiger charge is -2.28. The molecule has 140 valence electrons. The number of pyridine rings is 1. The molecule has 0 fully saturated rings. The third-order valence-electron chi connectivity index (χ3n) is 5.00. The van der Waals surface area contributed by atoms with E-state index in [0.717, 1.165) is 22.1 Å². The number of benzene rings is 1. The number of rotatable bonds is 5. The molecule has 0 saturated carbocycles. The maximum absolute atomic E-state index is 12.7. The number of nitriles is 1. The van der Waals surface area contributed by atoms with Crippen molar-refractivity contribution >= 4 is 34.2 Å². The second-order valence-electron chi connectivity index (χ2n) is 7.24. The molecule has 2 atom stereocenters. The van der Waals surface area contributed by atoms with Gasteiger partial charge in [-0.3, -0.25) is 9.20 Å². The van der Waals surface area contributed by atoms with Crippen molar-refractivity contribution < 1.29 is 4.79 Å². The van der Waals surface area contributed by atoms with Gasteiger partial charge in [0.25, 0.3) is 0 Å². The van der Waals surface area contributed by atoms with Gasteiger partial charge in [0.2, 0.25) is 5.91 Å². The summed E-state index contributed by atoms with van der Waals surface area (Å²) in [5.41, 5.74) is 2.00. The lowest BCUT2D eigenvalue weighted by molar-refractivity contribution is -0.121. The predicted molar refractivity (Wildman–Crippen MR) is 108 cm³/mol. The summed E-state index contributed by atoms with van der Waals surface area (Å²) < 4.78 is 1.97. The molecular formula is C20H23N5OS. The average molecular weight is 382 g/mol. The molecule has 1 aromatic carbocycles. The van der Waals surface area contributed by atoms with Crippen molar-refractivity contribution in [1.29, 1.82) is 5.26 Å². The normalized spacial score (nSPS) is 14.9. The van der Waals surface area contributed by atoms with Crippen LogP contribution in [0.3, 0.4) is 0 Å². The molecule has 2 aromatic heterocycles. The molecule has 6 nitrogen and oxygen atoms in total. The molecule has 27 heavy (non-hydrogen) atoms. The van der Waals surface area contributed by atoms with E-state index in [9.17, 15) is 10.1 Å². The molecule has 1 amide bonds. The highest BCUT2D eigenvalue weighted by atomic mass is 32.2. The number of aromatic nitrogens is 3. The molecule has 0 bridgehead atoms. The van der Waals surface area contributed by atoms with Crippen molar-refractivity contribution in [2.75, 3.05) is 0 Å². The summed E-state index contributed by atoms with van der Waals surface area (Å²) >= 11 is 1.34. The lowest BCUT2D eigenvalue weighted by atomic mass is 9.90. The molecule has 0 unspecified atom stereocenters. The summed E-state index contributed by atoms with van der Waals surface area (Å²) in [6.07, 6.45) is 0. The fourth-order valence-corrected chi connectivity index (χ4v) is 3.69. The van der Waals surface area contributed by atoms with Gasteiger partial charge in [-0.25, -0.2) is 0 Å². The van der Waals surface area contributed by atoms with Crippen LogP contribution in [0.1, 0.15) is 33.3 Å². The Morgan fingerprint density at radius 3 is 2.67 bits per heavy atom. The highest BCUT2D eigenvalue weighted by Gasteiger charge is 2.32. The van der Waals surface area contributed by atoms with E-state index >= 15 is 0 Å². The van der Waals surface area contributed by atoms with Crippen LogP contribution in [0.15, 0.2) is 35.5 Å². The van der Waals surface area contributed by atoms with Crippen molar-refractivity contribution in [2.45, 2.75) is 50.6 Å². The Kier molecular flexibility index (Phi) is 5.11. The first-order valence-electron chi connectivity index (χ1n) is 8.90. The minimum Gasteiger partial charge on any atom is -0.337 e. The van der Waals surface area contributed by atoms with E-state index in [2.05, 4.69) is 34.6 Å². The maximum atomic E-state index is 12.7. The van der Waals surface area contributed by atoms with Gasteiger partial charge in [0.05, 0.1) is 16.8 Å². The Morgan fingerprint density at radius 2 is 2.00 bits per heavy atom. The van der Waals surface area contributed by atoms with Gasteiger partial charge < -0.3 is 5.32 Å². The van der Waals surface area contributed by atoms with Crippen LogP contribution >= 0.6 is 11.8 Å². The zero-order valence-corrected chi connectivity index (χ0v) is 17.0. The van der Waals surface area contributed by atoms with Crippen LogP contribution in [0.2, 0.25) is 0 Å². The number of aryl methyl sites for hydroxylation is 1. The highest BCUT2D eigenvalue weighted by Crippen LogP contribution is 2.28. The van der Waals surface area contributed by atoms with Gasteiger partial charge in [0, 0.05) is 5.39 Å². The van der Waals surface area contributed by atoms with Crippen LogP contribution in [0.4, 0.5) is 0 Å². The number of carbonyl (C=O) groups excluding carboxylic acids is 1. The van der Waals surface area contributed by atoms with Crippen LogP contribution in [-0.4, -0.2) is 31.3 Å². The number of thioether (sulfide) groups is 1. The third kappa shape index (κ3) is 3.50. The maximum Gasteiger partial charge on any atom is 0.234 e. The quantitative estimate of drug-likeness (QED) is 0.681. The number of fused-ring (bicyclic) bond motifs is 3. The number of hydrogen-bond acceptors (Lipinski definition) is 5. The first-order chi connectivity index (χ1) is 12.8. The van der Waals surface area contributed by atoms with Crippen molar-refractivity contribution in [2.24, 2.45) is 5.92 Å². The fourth-order valence-electron chi connectivity index (χ4n) is 2.82. The molecule has 7 heteroatoms. The molecule has 0 aliphatic rings. The predicted octanol–water partition coefficient (Wildman–Crippen LogP) is 3.73. The van der Waals surface area contributed by atoms with Gasteiger partial charge in [-0.2, -0.15) is 5.26 Å². The Hall–Kier alpha value is -2.59.